The number of nitrogens with zero attached hydrogens (tertiary/aromatic N) is 5. The molecule has 0 saturated carbocycles. The number of fused-ring (bicyclic) bond motifs is 2. The van der Waals surface area contributed by atoms with Crippen LogP contribution in [0.2, 0.25) is 5.15 Å². The largest absolute Gasteiger partial charge is 0.444 e. The number of anilines is 1. The van der Waals surface area contributed by atoms with Gasteiger partial charge in [-0.2, -0.15) is 0 Å². The molecule has 12 heteroatoms. The van der Waals surface area contributed by atoms with Gasteiger partial charge in [-0.3, -0.25) is 0 Å². The quantitative estimate of drug-likeness (QED) is 0.435. The van der Waals surface area contributed by atoms with Crippen molar-refractivity contribution >= 4 is 44.3 Å². The number of carbonyl (C=O) groups is 1. The number of hydrogen-bond acceptors (Lipinski definition) is 8. The molecule has 2 aliphatic rings. The van der Waals surface area contributed by atoms with Crippen LogP contribution in [0.4, 0.5) is 15.0 Å². The predicted molar refractivity (Wildman–Crippen MR) is 131 cm³/mol. The molecule has 0 aliphatic carbocycles. The average Bonchev–Trinajstić information content (AvgIpc) is 2.89. The fraction of sp³-hybridized carbons (Fsp3) is 0.652. The van der Waals surface area contributed by atoms with E-state index in [0.717, 1.165) is 0 Å². The van der Waals surface area contributed by atoms with Gasteiger partial charge in [0.05, 0.1) is 28.9 Å². The third kappa shape index (κ3) is 4.64. The normalized spacial score (nSPS) is 22.7. The minimum atomic E-state index is -3.83. The lowest BCUT2D eigenvalue weighted by molar-refractivity contribution is 0.00798. The number of carbonyl (C=O) groups excluding carboxylic acids is 1. The number of piperazine rings is 1. The smallest absolute Gasteiger partial charge is 0.410 e. The Hall–Kier alpha value is -2.27. The third-order valence-corrected chi connectivity index (χ3v) is 8.36. The molecule has 0 radical (unpaired) electrons. The molecule has 0 unspecified atom stereocenters. The molecule has 0 bridgehead atoms. The van der Waals surface area contributed by atoms with Crippen LogP contribution in [-0.4, -0.2) is 70.9 Å². The van der Waals surface area contributed by atoms with E-state index in [2.05, 4.69) is 15.0 Å². The molecular formula is C23H31ClFN5O4S. The molecule has 1 fully saturated rings. The molecule has 2 aromatic rings. The average molecular weight is 528 g/mol. The van der Waals surface area contributed by atoms with Crippen LogP contribution in [-0.2, 0) is 21.0 Å². The SMILES string of the molecule is CC[C@@H]1CN2c3nc(S(=O)(=O)CC)nc4c(F)c(Cl)nc(c34)C[C@H](C)[C@H]2CN1C(=O)OC(C)(C)C. The summed E-state index contributed by atoms with van der Waals surface area (Å²) in [5, 5.41) is -0.423. The second-order valence-corrected chi connectivity index (χ2v) is 12.7. The molecule has 1 amide bonds. The molecule has 0 spiro atoms. The molecule has 1 saturated heterocycles. The Kier molecular flexibility index (Phi) is 6.63. The summed E-state index contributed by atoms with van der Waals surface area (Å²) >= 11 is 6.10. The molecule has 2 aromatic heterocycles. The van der Waals surface area contributed by atoms with Crippen molar-refractivity contribution in [2.45, 2.75) is 77.2 Å². The van der Waals surface area contributed by atoms with Crippen molar-refractivity contribution in [2.24, 2.45) is 5.92 Å². The van der Waals surface area contributed by atoms with E-state index >= 15 is 4.39 Å². The van der Waals surface area contributed by atoms with Crippen molar-refractivity contribution in [2.75, 3.05) is 23.7 Å². The molecule has 2 aliphatic heterocycles. The van der Waals surface area contributed by atoms with E-state index in [4.69, 9.17) is 16.3 Å². The first kappa shape index (κ1) is 25.8. The van der Waals surface area contributed by atoms with E-state index in [0.29, 0.717) is 42.8 Å². The number of aromatic nitrogens is 3. The number of rotatable bonds is 3. The van der Waals surface area contributed by atoms with Gasteiger partial charge in [-0.1, -0.05) is 32.4 Å². The number of amides is 1. The molecular weight excluding hydrogens is 497 g/mol. The topological polar surface area (TPSA) is 106 Å². The highest BCUT2D eigenvalue weighted by molar-refractivity contribution is 7.91. The Labute approximate surface area is 209 Å². The van der Waals surface area contributed by atoms with E-state index in [1.54, 1.807) is 4.90 Å². The zero-order chi connectivity index (χ0) is 25.9. The van der Waals surface area contributed by atoms with Gasteiger partial charge in [0.25, 0.3) is 0 Å². The van der Waals surface area contributed by atoms with Crippen LogP contribution >= 0.6 is 11.6 Å². The summed E-state index contributed by atoms with van der Waals surface area (Å²) < 4.78 is 46.3. The van der Waals surface area contributed by atoms with Gasteiger partial charge in [-0.15, -0.1) is 0 Å². The molecule has 0 N–H and O–H groups in total. The van der Waals surface area contributed by atoms with Crippen molar-refractivity contribution < 1.29 is 22.3 Å². The van der Waals surface area contributed by atoms with Crippen LogP contribution in [0.3, 0.4) is 0 Å². The highest BCUT2D eigenvalue weighted by Gasteiger charge is 2.43. The second kappa shape index (κ2) is 8.99. The van der Waals surface area contributed by atoms with Gasteiger partial charge in [0.1, 0.15) is 16.9 Å². The van der Waals surface area contributed by atoms with Gasteiger partial charge < -0.3 is 14.5 Å². The van der Waals surface area contributed by atoms with Crippen molar-refractivity contribution in [3.05, 3.63) is 16.7 Å². The van der Waals surface area contributed by atoms with Gasteiger partial charge >= 0.3 is 6.09 Å². The Morgan fingerprint density at radius 2 is 1.89 bits per heavy atom. The van der Waals surface area contributed by atoms with Crippen LogP contribution in [0.15, 0.2) is 5.16 Å². The van der Waals surface area contributed by atoms with Crippen LogP contribution < -0.4 is 4.90 Å². The first-order valence-electron chi connectivity index (χ1n) is 11.8. The fourth-order valence-electron chi connectivity index (χ4n) is 4.77. The van der Waals surface area contributed by atoms with Gasteiger partial charge in [0.2, 0.25) is 15.0 Å². The summed E-state index contributed by atoms with van der Waals surface area (Å²) in [5.41, 5.74) is -0.272. The van der Waals surface area contributed by atoms with Crippen LogP contribution in [0.25, 0.3) is 10.9 Å². The zero-order valence-electron chi connectivity index (χ0n) is 20.8. The highest BCUT2D eigenvalue weighted by atomic mass is 35.5. The molecule has 4 rings (SSSR count). The maximum Gasteiger partial charge on any atom is 0.410 e. The number of sulfone groups is 1. The minimum absolute atomic E-state index is 0.0320. The number of ether oxygens (including phenoxy) is 1. The lowest BCUT2D eigenvalue weighted by Gasteiger charge is -2.48. The molecule has 35 heavy (non-hydrogen) atoms. The lowest BCUT2D eigenvalue weighted by Crippen LogP contribution is -2.62. The van der Waals surface area contributed by atoms with Crippen LogP contribution in [0, 0.1) is 11.7 Å². The highest BCUT2D eigenvalue weighted by Crippen LogP contribution is 2.40. The third-order valence-electron chi connectivity index (χ3n) is 6.61. The van der Waals surface area contributed by atoms with Crippen molar-refractivity contribution in [1.29, 1.82) is 0 Å². The minimum Gasteiger partial charge on any atom is -0.444 e. The van der Waals surface area contributed by atoms with E-state index in [1.807, 2.05) is 39.5 Å². The Morgan fingerprint density at radius 1 is 1.20 bits per heavy atom. The Bertz CT molecular complexity index is 1280. The van der Waals surface area contributed by atoms with Gasteiger partial charge in [0.15, 0.2) is 11.0 Å². The molecule has 4 heterocycles. The van der Waals surface area contributed by atoms with Gasteiger partial charge in [-0.05, 0) is 39.5 Å². The standard InChI is InChI=1S/C23H31ClFN5O4S/c1-7-13-10-30-15(11-29(13)22(31)34-23(4,5)6)12(3)9-14-16-18(17(25)19(24)26-14)27-21(28-20(16)30)35(32,33)8-2/h12-13,15H,7-11H2,1-6H3/t12-,13+,15+/m0/s1. The fourth-order valence-corrected chi connectivity index (χ4v) is 5.68. The van der Waals surface area contributed by atoms with E-state index < -0.39 is 32.5 Å². The first-order valence-corrected chi connectivity index (χ1v) is 13.8. The monoisotopic (exact) mass is 527 g/mol. The van der Waals surface area contributed by atoms with Gasteiger partial charge in [-0.25, -0.2) is 32.6 Å². The molecule has 9 nitrogen and oxygen atoms in total. The lowest BCUT2D eigenvalue weighted by atomic mass is 9.92. The molecule has 0 aromatic carbocycles. The Morgan fingerprint density at radius 3 is 2.49 bits per heavy atom. The Balaban J connectivity index is 1.90. The predicted octanol–water partition coefficient (Wildman–Crippen LogP) is 4.01. The summed E-state index contributed by atoms with van der Waals surface area (Å²) in [4.78, 5) is 29.6. The van der Waals surface area contributed by atoms with Crippen molar-refractivity contribution in [1.82, 2.24) is 19.9 Å². The summed E-state index contributed by atoms with van der Waals surface area (Å²) in [6.07, 6.45) is 0.685. The maximum absolute atomic E-state index is 15.1. The van der Waals surface area contributed by atoms with E-state index in [9.17, 15) is 13.2 Å². The molecule has 3 atom stereocenters. The summed E-state index contributed by atoms with van der Waals surface area (Å²) in [6.45, 7) is 11.7. The molecule has 192 valence electrons. The summed E-state index contributed by atoms with van der Waals surface area (Å²) in [5.74, 6) is -0.811. The maximum atomic E-state index is 15.1. The van der Waals surface area contributed by atoms with E-state index in [1.165, 1.54) is 6.92 Å². The van der Waals surface area contributed by atoms with Crippen LogP contribution in [0.1, 0.15) is 53.7 Å². The van der Waals surface area contributed by atoms with Crippen LogP contribution in [0.5, 0.6) is 0 Å². The zero-order valence-corrected chi connectivity index (χ0v) is 22.4. The number of halogens is 2. The van der Waals surface area contributed by atoms with E-state index in [-0.39, 0.29) is 34.4 Å². The second-order valence-electron chi connectivity index (χ2n) is 10.2. The van der Waals surface area contributed by atoms with Crippen molar-refractivity contribution in [3.8, 4) is 0 Å². The van der Waals surface area contributed by atoms with Crippen molar-refractivity contribution in [3.63, 3.8) is 0 Å². The first-order chi connectivity index (χ1) is 16.3. The summed E-state index contributed by atoms with van der Waals surface area (Å²) in [6, 6.07) is -0.437. The summed E-state index contributed by atoms with van der Waals surface area (Å²) in [7, 11) is -3.83. The number of pyridine rings is 1. The number of hydrogen-bond donors (Lipinski definition) is 0. The van der Waals surface area contributed by atoms with Gasteiger partial charge in [0, 0.05) is 13.1 Å².